The summed E-state index contributed by atoms with van der Waals surface area (Å²) in [5.41, 5.74) is 1.02. The van der Waals surface area contributed by atoms with E-state index in [4.69, 9.17) is 5.11 Å². The van der Waals surface area contributed by atoms with Crippen LogP contribution >= 0.6 is 0 Å². The second kappa shape index (κ2) is 5.14. The summed E-state index contributed by atoms with van der Waals surface area (Å²) in [6.45, 7) is 3.93. The summed E-state index contributed by atoms with van der Waals surface area (Å²) in [6.07, 6.45) is 8.14. The van der Waals surface area contributed by atoms with E-state index in [0.29, 0.717) is 5.82 Å². The molecular formula is C11H14N2O2. The van der Waals surface area contributed by atoms with Crippen molar-refractivity contribution in [3.63, 3.8) is 0 Å². The lowest BCUT2D eigenvalue weighted by atomic mass is 10.2. The molecule has 0 aliphatic carbocycles. The fraction of sp³-hybridized carbons (Fsp3) is 0.273. The Morgan fingerprint density at radius 1 is 1.67 bits per heavy atom. The summed E-state index contributed by atoms with van der Waals surface area (Å²) in [5.74, 6) is -0.404. The summed E-state index contributed by atoms with van der Waals surface area (Å²) in [5, 5.41) is 8.69. The van der Waals surface area contributed by atoms with E-state index in [1.807, 2.05) is 25.2 Å². The number of aromatic nitrogens is 2. The van der Waals surface area contributed by atoms with Gasteiger partial charge in [0.2, 0.25) is 0 Å². The van der Waals surface area contributed by atoms with E-state index in [9.17, 15) is 4.79 Å². The quantitative estimate of drug-likeness (QED) is 0.744. The van der Waals surface area contributed by atoms with Crippen LogP contribution in [0.15, 0.2) is 24.4 Å². The third kappa shape index (κ3) is 3.09. The molecule has 1 aromatic heterocycles. The number of imidazole rings is 1. The molecule has 0 saturated heterocycles. The Balaban J connectivity index is 2.82. The highest BCUT2D eigenvalue weighted by molar-refractivity contribution is 5.85. The fourth-order valence-electron chi connectivity index (χ4n) is 1.06. The molecule has 15 heavy (non-hydrogen) atoms. The molecule has 0 spiro atoms. The zero-order valence-corrected chi connectivity index (χ0v) is 8.82. The summed E-state index contributed by atoms with van der Waals surface area (Å²) < 4.78 is 0. The van der Waals surface area contributed by atoms with Crippen LogP contribution in [0.1, 0.15) is 36.6 Å². The largest absolute Gasteiger partial charge is 0.477 e. The monoisotopic (exact) mass is 206 g/mol. The molecule has 0 radical (unpaired) electrons. The molecule has 0 bridgehead atoms. The average Bonchev–Trinajstić information content (AvgIpc) is 2.66. The number of aromatic carboxylic acids is 1. The van der Waals surface area contributed by atoms with Gasteiger partial charge in [0, 0.05) is 0 Å². The maximum absolute atomic E-state index is 10.6. The third-order valence-corrected chi connectivity index (χ3v) is 1.90. The number of carboxylic acids is 1. The zero-order chi connectivity index (χ0) is 11.3. The lowest BCUT2D eigenvalue weighted by molar-refractivity contribution is 0.0691. The molecule has 1 aromatic rings. The van der Waals surface area contributed by atoms with Crippen LogP contribution in [0.4, 0.5) is 0 Å². The lowest BCUT2D eigenvalue weighted by Crippen LogP contribution is -1.95. The third-order valence-electron chi connectivity index (χ3n) is 1.90. The second-order valence-corrected chi connectivity index (χ2v) is 3.14. The highest BCUT2D eigenvalue weighted by Crippen LogP contribution is 2.09. The van der Waals surface area contributed by atoms with Gasteiger partial charge >= 0.3 is 5.97 Å². The van der Waals surface area contributed by atoms with E-state index in [0.717, 1.165) is 12.0 Å². The maximum Gasteiger partial charge on any atom is 0.353 e. The topological polar surface area (TPSA) is 66.0 Å². The Labute approximate surface area is 88.4 Å². The van der Waals surface area contributed by atoms with Gasteiger partial charge < -0.3 is 10.1 Å². The van der Waals surface area contributed by atoms with Gasteiger partial charge in [-0.05, 0) is 18.9 Å². The fourth-order valence-corrected chi connectivity index (χ4v) is 1.06. The van der Waals surface area contributed by atoms with Crippen molar-refractivity contribution in [1.82, 2.24) is 9.97 Å². The molecule has 1 rings (SSSR count). The molecule has 0 aliphatic heterocycles. The molecule has 0 fully saturated rings. The van der Waals surface area contributed by atoms with Crippen LogP contribution in [0.2, 0.25) is 0 Å². The number of carbonyl (C=O) groups is 1. The van der Waals surface area contributed by atoms with Crippen molar-refractivity contribution in [2.24, 2.45) is 0 Å². The van der Waals surface area contributed by atoms with E-state index in [1.165, 1.54) is 6.20 Å². The van der Waals surface area contributed by atoms with Gasteiger partial charge in [-0.3, -0.25) is 0 Å². The maximum atomic E-state index is 10.6. The van der Waals surface area contributed by atoms with E-state index in [-0.39, 0.29) is 5.69 Å². The van der Waals surface area contributed by atoms with Gasteiger partial charge in [0.05, 0.1) is 6.20 Å². The van der Waals surface area contributed by atoms with Crippen molar-refractivity contribution in [1.29, 1.82) is 0 Å². The van der Waals surface area contributed by atoms with Gasteiger partial charge in [-0.25, -0.2) is 9.78 Å². The van der Waals surface area contributed by atoms with Gasteiger partial charge in [-0.15, -0.1) is 0 Å². The first-order chi connectivity index (χ1) is 7.15. The van der Waals surface area contributed by atoms with Crippen LogP contribution in [0.3, 0.4) is 0 Å². The first-order valence-electron chi connectivity index (χ1n) is 4.77. The van der Waals surface area contributed by atoms with Crippen molar-refractivity contribution in [3.8, 4) is 0 Å². The van der Waals surface area contributed by atoms with Gasteiger partial charge in [-0.1, -0.05) is 25.2 Å². The minimum absolute atomic E-state index is 0.109. The Kier molecular flexibility index (Phi) is 3.85. The molecule has 2 N–H and O–H groups in total. The Bertz CT molecular complexity index is 402. The summed E-state index contributed by atoms with van der Waals surface area (Å²) >= 11 is 0. The van der Waals surface area contributed by atoms with Gasteiger partial charge in [-0.2, -0.15) is 0 Å². The van der Waals surface area contributed by atoms with Gasteiger partial charge in [0.15, 0.2) is 0 Å². The highest BCUT2D eigenvalue weighted by Gasteiger charge is 2.07. The smallest absolute Gasteiger partial charge is 0.353 e. The predicted octanol–water partition coefficient (Wildman–Crippen LogP) is 2.48. The molecule has 4 heteroatoms. The number of nitrogens with one attached hydrogen (secondary N) is 1. The molecule has 80 valence electrons. The number of rotatable bonds is 4. The number of nitrogens with zero attached hydrogens (tertiary/aromatic N) is 1. The number of hydrogen-bond donors (Lipinski definition) is 2. The minimum Gasteiger partial charge on any atom is -0.477 e. The van der Waals surface area contributed by atoms with Crippen molar-refractivity contribution in [2.45, 2.75) is 20.3 Å². The normalized spacial score (nSPS) is 12.3. The van der Waals surface area contributed by atoms with E-state index in [2.05, 4.69) is 16.9 Å². The summed E-state index contributed by atoms with van der Waals surface area (Å²) in [4.78, 5) is 17.3. The van der Waals surface area contributed by atoms with Gasteiger partial charge in [0.1, 0.15) is 11.5 Å². The Morgan fingerprint density at radius 2 is 2.40 bits per heavy atom. The Morgan fingerprint density at radius 3 is 2.93 bits per heavy atom. The first kappa shape index (κ1) is 11.2. The number of carboxylic acid groups (broad SMARTS) is 1. The van der Waals surface area contributed by atoms with Gasteiger partial charge in [0.25, 0.3) is 0 Å². The van der Waals surface area contributed by atoms with Crippen molar-refractivity contribution >= 4 is 11.5 Å². The SMILES string of the molecule is CC/C=C\C=C(C)c1ncc(C(=O)O)[nH]1. The molecule has 0 unspecified atom stereocenters. The predicted molar refractivity (Wildman–Crippen MR) is 58.6 cm³/mol. The summed E-state index contributed by atoms with van der Waals surface area (Å²) in [6, 6.07) is 0. The van der Waals surface area contributed by atoms with Crippen LogP contribution in [-0.2, 0) is 0 Å². The zero-order valence-electron chi connectivity index (χ0n) is 8.82. The van der Waals surface area contributed by atoms with Crippen molar-refractivity contribution < 1.29 is 9.90 Å². The standard InChI is InChI=1S/C11H14N2O2/c1-3-4-5-6-8(2)10-12-7-9(13-10)11(14)15/h4-7H,3H2,1-2H3,(H,12,13)(H,14,15)/b5-4-,8-6?. The van der Waals surface area contributed by atoms with E-state index >= 15 is 0 Å². The second-order valence-electron chi connectivity index (χ2n) is 3.14. The molecule has 0 atom stereocenters. The van der Waals surface area contributed by atoms with Crippen LogP contribution in [0, 0.1) is 0 Å². The molecule has 0 aromatic carbocycles. The molecule has 0 saturated carbocycles. The number of allylic oxidation sites excluding steroid dienone is 4. The highest BCUT2D eigenvalue weighted by atomic mass is 16.4. The molecule has 4 nitrogen and oxygen atoms in total. The average molecular weight is 206 g/mol. The minimum atomic E-state index is -0.995. The first-order valence-corrected chi connectivity index (χ1v) is 4.77. The molecule has 0 amide bonds. The molecule has 1 heterocycles. The molecular weight excluding hydrogens is 192 g/mol. The summed E-state index contributed by atoms with van der Waals surface area (Å²) in [7, 11) is 0. The van der Waals surface area contributed by atoms with Crippen molar-refractivity contribution in [2.75, 3.05) is 0 Å². The Hall–Kier alpha value is -1.84. The van der Waals surface area contributed by atoms with E-state index < -0.39 is 5.97 Å². The van der Waals surface area contributed by atoms with Crippen molar-refractivity contribution in [3.05, 3.63) is 35.9 Å². The number of hydrogen-bond acceptors (Lipinski definition) is 2. The van der Waals surface area contributed by atoms with Crippen LogP contribution < -0.4 is 0 Å². The number of H-pyrrole nitrogens is 1. The van der Waals surface area contributed by atoms with Crippen LogP contribution in [0.25, 0.3) is 5.57 Å². The number of aromatic amines is 1. The van der Waals surface area contributed by atoms with Crippen LogP contribution in [0.5, 0.6) is 0 Å². The molecule has 0 aliphatic rings. The van der Waals surface area contributed by atoms with E-state index in [1.54, 1.807) is 0 Å². The van der Waals surface area contributed by atoms with Crippen LogP contribution in [-0.4, -0.2) is 21.0 Å². The lowest BCUT2D eigenvalue weighted by Gasteiger charge is -1.92.